The second-order valence-corrected chi connectivity index (χ2v) is 7.85. The molecule has 3 rings (SSSR count). The summed E-state index contributed by atoms with van der Waals surface area (Å²) in [6, 6.07) is 10.00. The van der Waals surface area contributed by atoms with E-state index in [1.54, 1.807) is 7.11 Å². The van der Waals surface area contributed by atoms with Gasteiger partial charge in [-0.1, -0.05) is 51.1 Å². The number of aliphatic hydroxyl groups is 1. The Labute approximate surface area is 161 Å². The van der Waals surface area contributed by atoms with E-state index in [4.69, 9.17) is 9.47 Å². The molecule has 4 heteroatoms. The van der Waals surface area contributed by atoms with Crippen LogP contribution in [0.3, 0.4) is 0 Å². The number of benzene rings is 2. The Hall–Kier alpha value is -2.33. The van der Waals surface area contributed by atoms with E-state index in [1.165, 1.54) is 0 Å². The number of rotatable bonds is 7. The summed E-state index contributed by atoms with van der Waals surface area (Å²) >= 11 is 0. The van der Waals surface area contributed by atoms with Crippen molar-refractivity contribution in [1.29, 1.82) is 0 Å². The number of carbonyl (C=O) groups is 1. The molecule has 0 bridgehead atoms. The van der Waals surface area contributed by atoms with E-state index >= 15 is 0 Å². The number of aryl methyl sites for hydroxylation is 1. The number of Topliss-reactive ketones (excluding diaryl/α,β-unsaturated/α-hetero) is 1. The monoisotopic (exact) mass is 368 g/mol. The van der Waals surface area contributed by atoms with Crippen molar-refractivity contribution in [3.05, 3.63) is 47.0 Å². The summed E-state index contributed by atoms with van der Waals surface area (Å²) in [7, 11) is 1.65. The highest BCUT2D eigenvalue weighted by atomic mass is 16.5. The Bertz CT molecular complexity index is 852. The third-order valence-electron chi connectivity index (χ3n) is 5.18. The molecule has 0 atom stereocenters. The van der Waals surface area contributed by atoms with E-state index < -0.39 is 0 Å². The molecular formula is C23H28O4. The van der Waals surface area contributed by atoms with Crippen LogP contribution in [0.2, 0.25) is 0 Å². The Morgan fingerprint density at radius 2 is 1.78 bits per heavy atom. The van der Waals surface area contributed by atoms with E-state index in [0.29, 0.717) is 18.8 Å². The van der Waals surface area contributed by atoms with Gasteiger partial charge in [0.05, 0.1) is 20.3 Å². The van der Waals surface area contributed by atoms with E-state index in [0.717, 1.165) is 46.4 Å². The SMILES string of the molecule is CCc1ccc(-c2cccc3c2CCC3=O)c(OCC(C)(C)CO)c1OC. The number of aliphatic hydroxyl groups excluding tert-OH is 1. The lowest BCUT2D eigenvalue weighted by Gasteiger charge is -2.25. The molecule has 0 radical (unpaired) electrons. The van der Waals surface area contributed by atoms with Crippen molar-refractivity contribution in [2.45, 2.75) is 40.0 Å². The van der Waals surface area contributed by atoms with Crippen LogP contribution in [0.1, 0.15) is 48.7 Å². The smallest absolute Gasteiger partial charge is 0.169 e. The fraction of sp³-hybridized carbons (Fsp3) is 0.435. The molecule has 2 aromatic rings. The number of hydrogen-bond donors (Lipinski definition) is 1. The summed E-state index contributed by atoms with van der Waals surface area (Å²) < 4.78 is 11.9. The minimum Gasteiger partial charge on any atom is -0.493 e. The van der Waals surface area contributed by atoms with Crippen LogP contribution in [0.5, 0.6) is 11.5 Å². The van der Waals surface area contributed by atoms with Gasteiger partial charge in [-0.25, -0.2) is 0 Å². The molecule has 1 N–H and O–H groups in total. The van der Waals surface area contributed by atoms with Crippen molar-refractivity contribution in [1.82, 2.24) is 0 Å². The highest BCUT2D eigenvalue weighted by molar-refractivity contribution is 6.02. The topological polar surface area (TPSA) is 55.8 Å². The standard InChI is InChI=1S/C23H28O4/c1-5-15-9-10-19(16-7-6-8-18-17(16)11-12-20(18)25)22(21(15)26-4)27-14-23(2,3)13-24/h6-10,24H,5,11-14H2,1-4H3. The van der Waals surface area contributed by atoms with Crippen LogP contribution in [0.4, 0.5) is 0 Å². The molecular weight excluding hydrogens is 340 g/mol. The molecule has 0 fully saturated rings. The van der Waals surface area contributed by atoms with Crippen LogP contribution in [-0.2, 0) is 12.8 Å². The highest BCUT2D eigenvalue weighted by Crippen LogP contribution is 2.44. The normalized spacial score (nSPS) is 13.6. The molecule has 0 amide bonds. The molecule has 0 saturated heterocycles. The Morgan fingerprint density at radius 1 is 1.04 bits per heavy atom. The van der Waals surface area contributed by atoms with Gasteiger partial charge in [0.25, 0.3) is 0 Å². The van der Waals surface area contributed by atoms with Crippen molar-refractivity contribution < 1.29 is 19.4 Å². The summed E-state index contributed by atoms with van der Waals surface area (Å²) in [6.07, 6.45) is 2.14. The second kappa shape index (κ2) is 7.73. The first-order chi connectivity index (χ1) is 12.9. The zero-order valence-corrected chi connectivity index (χ0v) is 16.6. The maximum Gasteiger partial charge on any atom is 0.169 e. The van der Waals surface area contributed by atoms with Crippen LogP contribution in [0, 0.1) is 5.41 Å². The summed E-state index contributed by atoms with van der Waals surface area (Å²) in [4.78, 5) is 12.2. The van der Waals surface area contributed by atoms with Crippen LogP contribution in [0.25, 0.3) is 11.1 Å². The van der Waals surface area contributed by atoms with Crippen molar-refractivity contribution >= 4 is 5.78 Å². The molecule has 27 heavy (non-hydrogen) atoms. The molecule has 0 heterocycles. The largest absolute Gasteiger partial charge is 0.493 e. The Kier molecular flexibility index (Phi) is 5.56. The summed E-state index contributed by atoms with van der Waals surface area (Å²) in [5, 5.41) is 9.59. The van der Waals surface area contributed by atoms with Crippen LogP contribution >= 0.6 is 0 Å². The highest BCUT2D eigenvalue weighted by Gasteiger charge is 2.26. The quantitative estimate of drug-likeness (QED) is 0.784. The lowest BCUT2D eigenvalue weighted by molar-refractivity contribution is 0.0961. The van der Waals surface area contributed by atoms with Crippen molar-refractivity contribution in [3.8, 4) is 22.6 Å². The molecule has 0 aromatic heterocycles. The lowest BCUT2D eigenvalue weighted by Crippen LogP contribution is -2.25. The lowest BCUT2D eigenvalue weighted by atomic mass is 9.93. The van der Waals surface area contributed by atoms with Gasteiger partial charge in [-0.15, -0.1) is 0 Å². The van der Waals surface area contributed by atoms with Gasteiger partial charge in [0, 0.05) is 23.0 Å². The molecule has 1 aliphatic carbocycles. The van der Waals surface area contributed by atoms with Crippen molar-refractivity contribution in [2.75, 3.05) is 20.3 Å². The molecule has 2 aromatic carbocycles. The first kappa shape index (κ1) is 19.4. The number of ketones is 1. The average Bonchev–Trinajstić information content (AvgIpc) is 3.06. The predicted octanol–water partition coefficient (Wildman–Crippen LogP) is 4.45. The summed E-state index contributed by atoms with van der Waals surface area (Å²) in [5.74, 6) is 1.62. The van der Waals surface area contributed by atoms with E-state index in [9.17, 15) is 9.90 Å². The van der Waals surface area contributed by atoms with Crippen LogP contribution in [-0.4, -0.2) is 31.2 Å². The number of fused-ring (bicyclic) bond motifs is 1. The minimum atomic E-state index is -0.362. The van der Waals surface area contributed by atoms with E-state index in [1.807, 2.05) is 32.0 Å². The van der Waals surface area contributed by atoms with Gasteiger partial charge in [0.2, 0.25) is 0 Å². The van der Waals surface area contributed by atoms with Gasteiger partial charge in [-0.3, -0.25) is 4.79 Å². The van der Waals surface area contributed by atoms with E-state index in [2.05, 4.69) is 19.1 Å². The number of ether oxygens (including phenoxy) is 2. The zero-order chi connectivity index (χ0) is 19.6. The number of carbonyl (C=O) groups excluding carboxylic acids is 1. The molecule has 1 aliphatic rings. The maximum absolute atomic E-state index is 12.2. The molecule has 144 valence electrons. The third kappa shape index (κ3) is 3.72. The first-order valence-corrected chi connectivity index (χ1v) is 9.51. The van der Waals surface area contributed by atoms with Gasteiger partial charge >= 0.3 is 0 Å². The molecule has 4 nitrogen and oxygen atoms in total. The van der Waals surface area contributed by atoms with Crippen molar-refractivity contribution in [3.63, 3.8) is 0 Å². The van der Waals surface area contributed by atoms with Gasteiger partial charge in [0.1, 0.15) is 0 Å². The molecule has 0 aliphatic heterocycles. The maximum atomic E-state index is 12.2. The number of hydrogen-bond acceptors (Lipinski definition) is 4. The minimum absolute atomic E-state index is 0.0351. The molecule has 0 unspecified atom stereocenters. The van der Waals surface area contributed by atoms with Gasteiger partial charge in [-0.2, -0.15) is 0 Å². The predicted molar refractivity (Wildman–Crippen MR) is 107 cm³/mol. The van der Waals surface area contributed by atoms with Crippen LogP contribution < -0.4 is 9.47 Å². The average molecular weight is 368 g/mol. The fourth-order valence-corrected chi connectivity index (χ4v) is 3.52. The Balaban J connectivity index is 2.15. The van der Waals surface area contributed by atoms with Crippen LogP contribution in [0.15, 0.2) is 30.3 Å². The van der Waals surface area contributed by atoms with Crippen molar-refractivity contribution in [2.24, 2.45) is 5.41 Å². The summed E-state index contributed by atoms with van der Waals surface area (Å²) in [5.41, 5.74) is 4.56. The molecule has 0 spiro atoms. The van der Waals surface area contributed by atoms with Gasteiger partial charge < -0.3 is 14.6 Å². The zero-order valence-electron chi connectivity index (χ0n) is 16.6. The van der Waals surface area contributed by atoms with Gasteiger partial charge in [0.15, 0.2) is 17.3 Å². The molecule has 0 saturated carbocycles. The number of methoxy groups -OCH3 is 1. The third-order valence-corrected chi connectivity index (χ3v) is 5.18. The second-order valence-electron chi connectivity index (χ2n) is 7.85. The first-order valence-electron chi connectivity index (χ1n) is 9.51. The van der Waals surface area contributed by atoms with E-state index in [-0.39, 0.29) is 17.8 Å². The fourth-order valence-electron chi connectivity index (χ4n) is 3.52. The summed E-state index contributed by atoms with van der Waals surface area (Å²) in [6.45, 7) is 6.41. The van der Waals surface area contributed by atoms with Gasteiger partial charge in [-0.05, 0) is 29.5 Å². The Morgan fingerprint density at radius 3 is 2.44 bits per heavy atom.